The number of H-pyrrole nitrogens is 1. The van der Waals surface area contributed by atoms with Crippen LogP contribution in [0.15, 0.2) is 23.1 Å². The lowest BCUT2D eigenvalue weighted by Gasteiger charge is -2.15. The predicted molar refractivity (Wildman–Crippen MR) is 50.6 cm³/mol. The summed E-state index contributed by atoms with van der Waals surface area (Å²) in [5.74, 6) is 0. The number of nitrogens with one attached hydrogen (secondary N) is 1. The van der Waals surface area contributed by atoms with Crippen molar-refractivity contribution in [3.05, 3.63) is 34.2 Å². The van der Waals surface area contributed by atoms with E-state index in [0.717, 1.165) is 11.8 Å². The second-order valence-corrected chi connectivity index (χ2v) is 3.84. The smallest absolute Gasteiger partial charge is 0.248 e. The number of pyridine rings is 1. The van der Waals surface area contributed by atoms with Gasteiger partial charge in [-0.15, -0.1) is 0 Å². The van der Waals surface area contributed by atoms with Gasteiger partial charge in [-0.25, -0.2) is 0 Å². The molecule has 70 valence electrons. The molecule has 0 aromatic carbocycles. The first-order valence-corrected chi connectivity index (χ1v) is 4.17. The van der Waals surface area contributed by atoms with Crippen LogP contribution in [-0.2, 0) is 11.2 Å². The van der Waals surface area contributed by atoms with Gasteiger partial charge in [-0.05, 0) is 18.1 Å². The summed E-state index contributed by atoms with van der Waals surface area (Å²) in [4.78, 5) is 24.1. The molecule has 3 heteroatoms. The minimum absolute atomic E-state index is 0.126. The maximum absolute atomic E-state index is 10.9. The molecule has 3 nitrogen and oxygen atoms in total. The van der Waals surface area contributed by atoms with Crippen LogP contribution in [0.1, 0.15) is 19.4 Å². The Kier molecular flexibility index (Phi) is 2.66. The third-order valence-electron chi connectivity index (χ3n) is 1.82. The minimum atomic E-state index is -0.395. The van der Waals surface area contributed by atoms with Crippen LogP contribution >= 0.6 is 0 Å². The number of hydrogen-bond acceptors (Lipinski definition) is 2. The van der Waals surface area contributed by atoms with Crippen LogP contribution in [0.4, 0.5) is 0 Å². The lowest BCUT2D eigenvalue weighted by Crippen LogP contribution is -2.17. The van der Waals surface area contributed by atoms with Gasteiger partial charge in [0, 0.05) is 17.7 Å². The Balaban J connectivity index is 2.86. The van der Waals surface area contributed by atoms with E-state index < -0.39 is 5.41 Å². The third-order valence-corrected chi connectivity index (χ3v) is 1.82. The highest BCUT2D eigenvalue weighted by molar-refractivity contribution is 5.58. The number of aromatic nitrogens is 1. The lowest BCUT2D eigenvalue weighted by atomic mass is 9.88. The molecule has 0 bridgehead atoms. The molecular weight excluding hydrogens is 166 g/mol. The second-order valence-electron chi connectivity index (χ2n) is 3.84. The first-order chi connectivity index (χ1) is 6.03. The number of aromatic amines is 1. The average Bonchev–Trinajstić information content (AvgIpc) is 2.03. The highest BCUT2D eigenvalue weighted by Gasteiger charge is 2.16. The monoisotopic (exact) mass is 179 g/mol. The Bertz CT molecular complexity index is 352. The summed E-state index contributed by atoms with van der Waals surface area (Å²) in [7, 11) is 0. The summed E-state index contributed by atoms with van der Waals surface area (Å²) in [6.45, 7) is 3.70. The van der Waals surface area contributed by atoms with Crippen molar-refractivity contribution >= 4 is 6.29 Å². The van der Waals surface area contributed by atoms with Crippen molar-refractivity contribution in [2.24, 2.45) is 5.41 Å². The lowest BCUT2D eigenvalue weighted by molar-refractivity contribution is -0.114. The number of carbonyl (C=O) groups is 1. The Hall–Kier alpha value is -1.38. The van der Waals surface area contributed by atoms with Crippen LogP contribution in [0.2, 0.25) is 0 Å². The van der Waals surface area contributed by atoms with Crippen LogP contribution in [-0.4, -0.2) is 11.3 Å². The van der Waals surface area contributed by atoms with Crippen LogP contribution in [0.5, 0.6) is 0 Å². The van der Waals surface area contributed by atoms with Crippen molar-refractivity contribution in [3.8, 4) is 0 Å². The largest absolute Gasteiger partial charge is 0.329 e. The quantitative estimate of drug-likeness (QED) is 0.707. The summed E-state index contributed by atoms with van der Waals surface area (Å²) < 4.78 is 0. The van der Waals surface area contributed by atoms with Crippen molar-refractivity contribution in [2.75, 3.05) is 0 Å². The zero-order chi connectivity index (χ0) is 9.90. The van der Waals surface area contributed by atoms with Crippen LogP contribution in [0.3, 0.4) is 0 Å². The molecule has 0 saturated carbocycles. The molecule has 1 N–H and O–H groups in total. The van der Waals surface area contributed by atoms with E-state index in [9.17, 15) is 9.59 Å². The van der Waals surface area contributed by atoms with Crippen molar-refractivity contribution in [2.45, 2.75) is 20.3 Å². The Morgan fingerprint density at radius 3 is 2.77 bits per heavy atom. The standard InChI is InChI=1S/C10H13NO2/c1-10(2,7-12)6-8-3-4-11-9(13)5-8/h3-5,7H,6H2,1-2H3,(H,11,13). The van der Waals surface area contributed by atoms with E-state index in [1.807, 2.05) is 19.9 Å². The molecule has 0 atom stereocenters. The molecule has 0 saturated heterocycles. The van der Waals surface area contributed by atoms with Gasteiger partial charge in [-0.1, -0.05) is 13.8 Å². The van der Waals surface area contributed by atoms with Crippen molar-refractivity contribution in [3.63, 3.8) is 0 Å². The maximum Gasteiger partial charge on any atom is 0.248 e. The highest BCUT2D eigenvalue weighted by atomic mass is 16.1. The summed E-state index contributed by atoms with van der Waals surface area (Å²) >= 11 is 0. The zero-order valence-electron chi connectivity index (χ0n) is 7.83. The first kappa shape index (κ1) is 9.71. The Morgan fingerprint density at radius 2 is 2.23 bits per heavy atom. The number of aldehydes is 1. The molecular formula is C10H13NO2. The molecule has 0 spiro atoms. The molecule has 0 aliphatic rings. The zero-order valence-corrected chi connectivity index (χ0v) is 7.83. The number of hydrogen-bond donors (Lipinski definition) is 1. The Morgan fingerprint density at radius 1 is 1.54 bits per heavy atom. The molecule has 0 fully saturated rings. The molecule has 0 aliphatic heterocycles. The summed E-state index contributed by atoms with van der Waals surface area (Å²) in [6, 6.07) is 3.33. The van der Waals surface area contributed by atoms with E-state index in [4.69, 9.17) is 0 Å². The van der Waals surface area contributed by atoms with Gasteiger partial charge in [0.05, 0.1) is 0 Å². The molecule has 13 heavy (non-hydrogen) atoms. The van der Waals surface area contributed by atoms with Gasteiger partial charge in [-0.3, -0.25) is 4.79 Å². The van der Waals surface area contributed by atoms with Crippen molar-refractivity contribution in [1.29, 1.82) is 0 Å². The van der Waals surface area contributed by atoms with Gasteiger partial charge < -0.3 is 9.78 Å². The van der Waals surface area contributed by atoms with E-state index in [1.54, 1.807) is 6.20 Å². The maximum atomic E-state index is 10.9. The fourth-order valence-corrected chi connectivity index (χ4v) is 1.17. The minimum Gasteiger partial charge on any atom is -0.329 e. The van der Waals surface area contributed by atoms with Crippen LogP contribution in [0, 0.1) is 5.41 Å². The number of carbonyl (C=O) groups excluding carboxylic acids is 1. The molecule has 1 aromatic rings. The van der Waals surface area contributed by atoms with E-state index >= 15 is 0 Å². The molecule has 1 rings (SSSR count). The van der Waals surface area contributed by atoms with Crippen molar-refractivity contribution in [1.82, 2.24) is 4.98 Å². The van der Waals surface area contributed by atoms with Crippen LogP contribution in [0.25, 0.3) is 0 Å². The van der Waals surface area contributed by atoms with E-state index in [0.29, 0.717) is 6.42 Å². The van der Waals surface area contributed by atoms with Crippen LogP contribution < -0.4 is 5.56 Å². The summed E-state index contributed by atoms with van der Waals surface area (Å²) in [6.07, 6.45) is 3.10. The molecule has 1 aromatic heterocycles. The van der Waals surface area contributed by atoms with Gasteiger partial charge in [0.2, 0.25) is 5.56 Å². The van der Waals surface area contributed by atoms with E-state index in [2.05, 4.69) is 4.98 Å². The second kappa shape index (κ2) is 3.56. The van der Waals surface area contributed by atoms with Gasteiger partial charge in [-0.2, -0.15) is 0 Å². The highest BCUT2D eigenvalue weighted by Crippen LogP contribution is 2.17. The normalized spacial score (nSPS) is 11.2. The van der Waals surface area contributed by atoms with Gasteiger partial charge >= 0.3 is 0 Å². The summed E-state index contributed by atoms with van der Waals surface area (Å²) in [5, 5.41) is 0. The Labute approximate surface area is 76.8 Å². The first-order valence-electron chi connectivity index (χ1n) is 4.17. The third kappa shape index (κ3) is 2.86. The summed E-state index contributed by atoms with van der Waals surface area (Å²) in [5.41, 5.74) is 0.369. The van der Waals surface area contributed by atoms with E-state index in [1.165, 1.54) is 6.07 Å². The predicted octanol–water partition coefficient (Wildman–Crippen LogP) is 1.14. The fraction of sp³-hybridized carbons (Fsp3) is 0.400. The van der Waals surface area contributed by atoms with E-state index in [-0.39, 0.29) is 5.56 Å². The van der Waals surface area contributed by atoms with Gasteiger partial charge in [0.1, 0.15) is 6.29 Å². The van der Waals surface area contributed by atoms with Gasteiger partial charge in [0.15, 0.2) is 0 Å². The number of rotatable bonds is 3. The van der Waals surface area contributed by atoms with Gasteiger partial charge in [0.25, 0.3) is 0 Å². The van der Waals surface area contributed by atoms with Crippen molar-refractivity contribution < 1.29 is 4.79 Å². The fourth-order valence-electron chi connectivity index (χ4n) is 1.17. The molecule has 0 radical (unpaired) electrons. The topological polar surface area (TPSA) is 49.9 Å². The SMILES string of the molecule is CC(C)(C=O)Cc1cc[nH]c(=O)c1. The molecule has 0 unspecified atom stereocenters. The molecule has 0 aliphatic carbocycles. The molecule has 1 heterocycles. The molecule has 0 amide bonds. The average molecular weight is 179 g/mol.